The van der Waals surface area contributed by atoms with Crippen LogP contribution in [0.1, 0.15) is 38.5 Å². The molecule has 0 aromatic carbocycles. The van der Waals surface area contributed by atoms with Crippen molar-refractivity contribution in [3.8, 4) is 0 Å². The van der Waals surface area contributed by atoms with Gasteiger partial charge in [-0.2, -0.15) is 0 Å². The van der Waals surface area contributed by atoms with Gasteiger partial charge in [0.1, 0.15) is 5.78 Å². The molecule has 0 aromatic rings. The molecule has 1 fully saturated rings. The monoisotopic (exact) mass is 280 g/mol. The standard InChI is InChI=1S/C16H28O2Si/c1-5-13(12-19(2,3)4)11-15(17)10-9-14-7-6-8-16(14)18/h14-15,17H,1,6-12H2,2-4H3. The van der Waals surface area contributed by atoms with Gasteiger partial charge >= 0.3 is 0 Å². The Balaban J connectivity index is 2.35. The molecule has 0 spiro atoms. The molecule has 19 heavy (non-hydrogen) atoms. The molecule has 0 aliphatic heterocycles. The van der Waals surface area contributed by atoms with Crippen LogP contribution >= 0.6 is 0 Å². The molecule has 108 valence electrons. The van der Waals surface area contributed by atoms with Crippen molar-refractivity contribution in [2.24, 2.45) is 5.92 Å². The van der Waals surface area contributed by atoms with Crippen LogP contribution in [0.15, 0.2) is 17.9 Å². The Morgan fingerprint density at radius 2 is 2.21 bits per heavy atom. The van der Waals surface area contributed by atoms with Crippen LogP contribution in [0.3, 0.4) is 0 Å². The fraction of sp³-hybridized carbons (Fsp3) is 0.750. The first kappa shape index (κ1) is 16.4. The van der Waals surface area contributed by atoms with E-state index in [1.54, 1.807) is 0 Å². The highest BCUT2D eigenvalue weighted by molar-refractivity contribution is 6.76. The average Bonchev–Trinajstić information content (AvgIpc) is 2.69. The van der Waals surface area contributed by atoms with Gasteiger partial charge in [-0.25, -0.2) is 0 Å². The van der Waals surface area contributed by atoms with E-state index in [1.807, 2.05) is 0 Å². The van der Waals surface area contributed by atoms with Gasteiger partial charge in [-0.05, 0) is 37.3 Å². The van der Waals surface area contributed by atoms with Crippen LogP contribution in [0.25, 0.3) is 0 Å². The highest BCUT2D eigenvalue weighted by atomic mass is 28.3. The summed E-state index contributed by atoms with van der Waals surface area (Å²) in [7, 11) is -1.17. The molecule has 1 aliphatic rings. The van der Waals surface area contributed by atoms with Gasteiger partial charge in [0.2, 0.25) is 0 Å². The van der Waals surface area contributed by atoms with Crippen LogP contribution in [-0.4, -0.2) is 25.1 Å². The third-order valence-electron chi connectivity index (χ3n) is 3.76. The van der Waals surface area contributed by atoms with E-state index in [0.29, 0.717) is 12.2 Å². The van der Waals surface area contributed by atoms with Crippen LogP contribution in [-0.2, 0) is 4.79 Å². The summed E-state index contributed by atoms with van der Waals surface area (Å²) in [6.45, 7) is 10.7. The second-order valence-electron chi connectivity index (χ2n) is 7.01. The molecule has 2 unspecified atom stereocenters. The molecule has 0 saturated heterocycles. The number of carbonyl (C=O) groups is 1. The van der Waals surface area contributed by atoms with E-state index >= 15 is 0 Å². The summed E-state index contributed by atoms with van der Waals surface area (Å²) in [5, 5.41) is 10.1. The second-order valence-corrected chi connectivity index (χ2v) is 12.5. The van der Waals surface area contributed by atoms with Crippen molar-refractivity contribution in [3.05, 3.63) is 17.9 Å². The molecule has 0 radical (unpaired) electrons. The number of rotatable bonds is 7. The average molecular weight is 280 g/mol. The largest absolute Gasteiger partial charge is 0.393 e. The predicted octanol–water partition coefficient (Wildman–Crippen LogP) is 3.94. The molecule has 0 heterocycles. The lowest BCUT2D eigenvalue weighted by Crippen LogP contribution is -2.21. The van der Waals surface area contributed by atoms with Crippen LogP contribution in [0.4, 0.5) is 0 Å². The van der Waals surface area contributed by atoms with E-state index in [9.17, 15) is 9.90 Å². The lowest BCUT2D eigenvalue weighted by atomic mass is 9.96. The maximum absolute atomic E-state index is 11.5. The molecule has 0 amide bonds. The lowest BCUT2D eigenvalue weighted by Gasteiger charge is -2.19. The SMILES string of the molecule is C=C=C(CC(O)CCC1CCCC1=O)C[Si](C)(C)C. The number of ketones is 1. The molecular formula is C16H28O2Si. The molecule has 0 aromatic heterocycles. The van der Waals surface area contributed by atoms with Crippen molar-refractivity contribution in [1.29, 1.82) is 0 Å². The van der Waals surface area contributed by atoms with Crippen molar-refractivity contribution >= 4 is 13.9 Å². The first-order valence-electron chi connectivity index (χ1n) is 7.40. The number of aliphatic hydroxyl groups excluding tert-OH is 1. The molecule has 2 atom stereocenters. The van der Waals surface area contributed by atoms with Crippen molar-refractivity contribution in [2.75, 3.05) is 0 Å². The van der Waals surface area contributed by atoms with Crippen LogP contribution in [0.5, 0.6) is 0 Å². The van der Waals surface area contributed by atoms with Gasteiger partial charge in [0.05, 0.1) is 6.10 Å². The van der Waals surface area contributed by atoms with E-state index in [4.69, 9.17) is 0 Å². The van der Waals surface area contributed by atoms with Gasteiger partial charge in [0.25, 0.3) is 0 Å². The first-order valence-corrected chi connectivity index (χ1v) is 11.1. The quantitative estimate of drug-likeness (QED) is 0.566. The van der Waals surface area contributed by atoms with E-state index in [1.165, 1.54) is 0 Å². The molecule has 1 saturated carbocycles. The third-order valence-corrected chi connectivity index (χ3v) is 5.24. The minimum atomic E-state index is -1.17. The summed E-state index contributed by atoms with van der Waals surface area (Å²) < 4.78 is 0. The van der Waals surface area contributed by atoms with Gasteiger partial charge in [-0.1, -0.05) is 26.2 Å². The van der Waals surface area contributed by atoms with Crippen molar-refractivity contribution in [2.45, 2.75) is 70.3 Å². The van der Waals surface area contributed by atoms with Crippen LogP contribution < -0.4 is 0 Å². The van der Waals surface area contributed by atoms with E-state index in [2.05, 4.69) is 32.0 Å². The fourth-order valence-corrected chi connectivity index (χ4v) is 4.37. The van der Waals surface area contributed by atoms with E-state index < -0.39 is 8.07 Å². The summed E-state index contributed by atoms with van der Waals surface area (Å²) in [6.07, 6.45) is 4.71. The second kappa shape index (κ2) is 7.23. The molecule has 1 rings (SSSR count). The Morgan fingerprint density at radius 1 is 1.53 bits per heavy atom. The number of hydrogen-bond acceptors (Lipinski definition) is 2. The molecular weight excluding hydrogens is 252 g/mol. The molecule has 2 nitrogen and oxygen atoms in total. The zero-order valence-corrected chi connectivity index (χ0v) is 13.7. The van der Waals surface area contributed by atoms with E-state index in [0.717, 1.165) is 43.7 Å². The summed E-state index contributed by atoms with van der Waals surface area (Å²) in [5.41, 5.74) is 4.16. The highest BCUT2D eigenvalue weighted by Crippen LogP contribution is 2.27. The summed E-state index contributed by atoms with van der Waals surface area (Å²) in [5.74, 6) is 0.608. The molecule has 1 aliphatic carbocycles. The molecule has 0 bridgehead atoms. The zero-order chi connectivity index (χ0) is 14.5. The first-order chi connectivity index (χ1) is 8.81. The van der Waals surface area contributed by atoms with Gasteiger partial charge in [0, 0.05) is 26.8 Å². The summed E-state index contributed by atoms with van der Waals surface area (Å²) in [4.78, 5) is 11.5. The lowest BCUT2D eigenvalue weighted by molar-refractivity contribution is -0.120. The Labute approximate surface area is 118 Å². The number of Topliss-reactive ketones (excluding diaryl/α,β-unsaturated/α-hetero) is 1. The van der Waals surface area contributed by atoms with Gasteiger partial charge in [-0.3, -0.25) is 4.79 Å². The Hall–Kier alpha value is -0.633. The number of carbonyl (C=O) groups excluding carboxylic acids is 1. The highest BCUT2D eigenvalue weighted by Gasteiger charge is 2.25. The maximum Gasteiger partial charge on any atom is 0.135 e. The Kier molecular flexibility index (Phi) is 6.25. The van der Waals surface area contributed by atoms with Gasteiger partial charge in [0.15, 0.2) is 0 Å². The van der Waals surface area contributed by atoms with Gasteiger partial charge in [-0.15, -0.1) is 5.73 Å². The number of aliphatic hydroxyl groups is 1. The van der Waals surface area contributed by atoms with Crippen molar-refractivity contribution < 1.29 is 9.90 Å². The predicted molar refractivity (Wildman–Crippen MR) is 83.0 cm³/mol. The fourth-order valence-electron chi connectivity index (χ4n) is 2.82. The number of hydrogen-bond donors (Lipinski definition) is 1. The summed E-state index contributed by atoms with van der Waals surface area (Å²) >= 11 is 0. The zero-order valence-electron chi connectivity index (χ0n) is 12.7. The normalized spacial score (nSPS) is 21.3. The molecule has 1 N–H and O–H groups in total. The van der Waals surface area contributed by atoms with Crippen molar-refractivity contribution in [3.63, 3.8) is 0 Å². The van der Waals surface area contributed by atoms with Gasteiger partial charge < -0.3 is 5.11 Å². The minimum absolute atomic E-state index is 0.211. The smallest absolute Gasteiger partial charge is 0.135 e. The molecule has 3 heteroatoms. The van der Waals surface area contributed by atoms with Crippen LogP contribution in [0, 0.1) is 5.92 Å². The topological polar surface area (TPSA) is 37.3 Å². The maximum atomic E-state index is 11.5. The third kappa shape index (κ3) is 6.37. The summed E-state index contributed by atoms with van der Waals surface area (Å²) in [6, 6.07) is 1.05. The minimum Gasteiger partial charge on any atom is -0.393 e. The van der Waals surface area contributed by atoms with E-state index in [-0.39, 0.29) is 12.0 Å². The Bertz CT molecular complexity index is 361. The van der Waals surface area contributed by atoms with Crippen LogP contribution in [0.2, 0.25) is 25.7 Å². The van der Waals surface area contributed by atoms with Crippen molar-refractivity contribution in [1.82, 2.24) is 0 Å². The Morgan fingerprint density at radius 3 is 2.68 bits per heavy atom.